The molecule has 1 fully saturated rings. The number of aliphatic hydroxyl groups excluding tert-OH is 4. The van der Waals surface area contributed by atoms with E-state index in [4.69, 9.17) is 9.84 Å². The molecule has 31 heavy (non-hydrogen) atoms. The van der Waals surface area contributed by atoms with Crippen molar-refractivity contribution in [3.63, 3.8) is 0 Å². The summed E-state index contributed by atoms with van der Waals surface area (Å²) in [5.74, 6) is -1.47. The molecule has 1 aliphatic rings. The number of imidazole rings is 1. The lowest BCUT2D eigenvalue weighted by Crippen LogP contribution is -2.49. The Kier molecular flexibility index (Phi) is 6.93. The number of hydrogen-bond acceptors (Lipinski definition) is 11. The molecule has 15 heteroatoms. The first-order valence-electron chi connectivity index (χ1n) is 9.07. The molecule has 0 radical (unpaired) electrons. The minimum Gasteiger partial charge on any atom is -0.480 e. The Balaban J connectivity index is 1.93. The summed E-state index contributed by atoms with van der Waals surface area (Å²) in [4.78, 5) is 36.1. The number of aliphatic hydroxyl groups is 4. The van der Waals surface area contributed by atoms with E-state index in [1.54, 1.807) is 6.26 Å². The Morgan fingerprint density at radius 3 is 2.58 bits per heavy atom. The van der Waals surface area contributed by atoms with Crippen molar-refractivity contribution in [3.05, 3.63) is 6.33 Å². The van der Waals surface area contributed by atoms with Gasteiger partial charge < -0.3 is 35.6 Å². The van der Waals surface area contributed by atoms with Gasteiger partial charge in [0.25, 0.3) is 0 Å². The number of carboxylic acid groups (broad SMARTS) is 1. The van der Waals surface area contributed by atoms with Gasteiger partial charge in [0.05, 0.1) is 19.0 Å². The Morgan fingerprint density at radius 1 is 1.32 bits per heavy atom. The monoisotopic (exact) mass is 458 g/mol. The number of fused-ring (bicyclic) bond motifs is 1. The number of aliphatic carboxylic acids is 1. The second kappa shape index (κ2) is 9.29. The first-order chi connectivity index (χ1) is 14.7. The minimum absolute atomic E-state index is 0.0490. The number of hydrogen-bond donors (Lipinski definition) is 7. The third-order valence-electron chi connectivity index (χ3n) is 4.64. The lowest BCUT2D eigenvalue weighted by Gasteiger charge is -2.18. The maximum absolute atomic E-state index is 12.3. The van der Waals surface area contributed by atoms with Crippen LogP contribution in [0.5, 0.6) is 0 Å². The topological polar surface area (TPSA) is 212 Å². The second-order valence-electron chi connectivity index (χ2n) is 6.77. The number of nitrogens with zero attached hydrogens (tertiary/aromatic N) is 4. The highest BCUT2D eigenvalue weighted by atomic mass is 32.2. The van der Waals surface area contributed by atoms with Crippen LogP contribution in [-0.4, -0.2) is 100 Å². The fraction of sp³-hybridized carbons (Fsp3) is 0.562. The van der Waals surface area contributed by atoms with Crippen LogP contribution in [-0.2, 0) is 9.53 Å². The lowest BCUT2D eigenvalue weighted by atomic mass is 10.1. The van der Waals surface area contributed by atoms with Crippen molar-refractivity contribution in [2.45, 2.75) is 48.8 Å². The summed E-state index contributed by atoms with van der Waals surface area (Å²) in [6.07, 6.45) is -3.20. The fourth-order valence-electron chi connectivity index (χ4n) is 3.04. The predicted molar refractivity (Wildman–Crippen MR) is 105 cm³/mol. The molecule has 6 atom stereocenters. The van der Waals surface area contributed by atoms with Crippen LogP contribution in [0.3, 0.4) is 0 Å². The zero-order valence-electron chi connectivity index (χ0n) is 16.4. The number of aromatic nitrogens is 4. The molecule has 0 bridgehead atoms. The number of amides is 2. The van der Waals surface area contributed by atoms with Crippen molar-refractivity contribution in [1.82, 2.24) is 24.8 Å². The summed E-state index contributed by atoms with van der Waals surface area (Å²) < 4.78 is 6.83. The third kappa shape index (κ3) is 4.56. The molecule has 2 aromatic rings. The van der Waals surface area contributed by atoms with Gasteiger partial charge in [-0.15, -0.1) is 0 Å². The van der Waals surface area contributed by atoms with Gasteiger partial charge in [0.1, 0.15) is 18.3 Å². The van der Waals surface area contributed by atoms with E-state index in [9.17, 15) is 30.0 Å². The van der Waals surface area contributed by atoms with Crippen molar-refractivity contribution < 1.29 is 39.9 Å². The molecule has 2 amide bonds. The van der Waals surface area contributed by atoms with Gasteiger partial charge in [-0.25, -0.2) is 24.5 Å². The van der Waals surface area contributed by atoms with Crippen LogP contribution < -0.4 is 10.6 Å². The van der Waals surface area contributed by atoms with Crippen molar-refractivity contribution in [2.75, 3.05) is 18.2 Å². The molecule has 170 valence electrons. The number of ether oxygens (including phenoxy) is 1. The largest absolute Gasteiger partial charge is 0.480 e. The van der Waals surface area contributed by atoms with Crippen LogP contribution >= 0.6 is 11.8 Å². The molecule has 1 aliphatic heterocycles. The molecule has 1 saturated heterocycles. The van der Waals surface area contributed by atoms with Crippen LogP contribution in [0.15, 0.2) is 11.5 Å². The fourth-order valence-corrected chi connectivity index (χ4v) is 3.40. The minimum atomic E-state index is -1.55. The van der Waals surface area contributed by atoms with Crippen LogP contribution in [0.25, 0.3) is 11.2 Å². The average Bonchev–Trinajstić information content (AvgIpc) is 3.26. The molecular weight excluding hydrogens is 436 g/mol. The molecule has 3 heterocycles. The van der Waals surface area contributed by atoms with Crippen LogP contribution in [0.2, 0.25) is 0 Å². The van der Waals surface area contributed by atoms with Crippen LogP contribution in [0.4, 0.5) is 10.6 Å². The van der Waals surface area contributed by atoms with E-state index < -0.39 is 55.3 Å². The first kappa shape index (κ1) is 23.1. The van der Waals surface area contributed by atoms with Gasteiger partial charge in [0.2, 0.25) is 0 Å². The Hall–Kier alpha value is -2.56. The van der Waals surface area contributed by atoms with Gasteiger partial charge >= 0.3 is 12.0 Å². The number of carbonyl (C=O) groups is 2. The summed E-state index contributed by atoms with van der Waals surface area (Å²) in [6, 6.07) is -2.49. The molecule has 7 N–H and O–H groups in total. The lowest BCUT2D eigenvalue weighted by molar-refractivity contribution is -0.141. The van der Waals surface area contributed by atoms with Gasteiger partial charge in [-0.2, -0.15) is 0 Å². The summed E-state index contributed by atoms with van der Waals surface area (Å²) in [7, 11) is 0. The molecule has 0 aromatic carbocycles. The van der Waals surface area contributed by atoms with E-state index in [-0.39, 0.29) is 22.1 Å². The Bertz CT molecular complexity index is 971. The predicted octanol–water partition coefficient (Wildman–Crippen LogP) is -1.88. The van der Waals surface area contributed by atoms with Gasteiger partial charge in [-0.3, -0.25) is 9.88 Å². The van der Waals surface area contributed by atoms with Gasteiger partial charge in [0.15, 0.2) is 34.4 Å². The zero-order chi connectivity index (χ0) is 22.9. The number of carboxylic acids is 1. The standard InChI is InChI=1S/C16H22N6O8S/c1-5(24)7(14(27)28)18-15(29)19-11-8-12(21-16(20-11)31-2)22(4-17-8)13-10(26)9(25)6(3-23)30-13/h4-7,9-10,13,23-26H,3H2,1-2H3,(H,27,28)(H2,18,19,20,21,29)/t5-,6+,7+,9+,10+,13+/m1/s1. The summed E-state index contributed by atoms with van der Waals surface area (Å²) in [5.41, 5.74) is 0.268. The molecule has 0 unspecified atom stereocenters. The van der Waals surface area contributed by atoms with Crippen molar-refractivity contribution >= 4 is 40.7 Å². The van der Waals surface area contributed by atoms with E-state index in [0.29, 0.717) is 0 Å². The van der Waals surface area contributed by atoms with E-state index in [0.717, 1.165) is 11.8 Å². The normalized spacial score (nSPS) is 25.4. The van der Waals surface area contributed by atoms with Gasteiger partial charge in [0, 0.05) is 0 Å². The van der Waals surface area contributed by atoms with E-state index in [2.05, 4.69) is 25.6 Å². The maximum atomic E-state index is 12.3. The smallest absolute Gasteiger partial charge is 0.328 e. The Morgan fingerprint density at radius 2 is 2.03 bits per heavy atom. The molecule has 0 saturated carbocycles. The highest BCUT2D eigenvalue weighted by molar-refractivity contribution is 7.98. The second-order valence-corrected chi connectivity index (χ2v) is 7.54. The third-order valence-corrected chi connectivity index (χ3v) is 5.19. The van der Waals surface area contributed by atoms with Crippen molar-refractivity contribution in [3.8, 4) is 0 Å². The number of carbonyl (C=O) groups excluding carboxylic acids is 1. The quantitative estimate of drug-likeness (QED) is 0.179. The summed E-state index contributed by atoms with van der Waals surface area (Å²) >= 11 is 1.15. The van der Waals surface area contributed by atoms with Crippen molar-refractivity contribution in [1.29, 1.82) is 0 Å². The number of anilines is 1. The number of rotatable bonds is 7. The molecule has 0 aliphatic carbocycles. The van der Waals surface area contributed by atoms with Crippen molar-refractivity contribution in [2.24, 2.45) is 0 Å². The van der Waals surface area contributed by atoms with Crippen LogP contribution in [0.1, 0.15) is 13.2 Å². The van der Waals surface area contributed by atoms with E-state index in [1.165, 1.54) is 17.8 Å². The molecule has 0 spiro atoms. The van der Waals surface area contributed by atoms with Gasteiger partial charge in [-0.05, 0) is 13.2 Å². The zero-order valence-corrected chi connectivity index (χ0v) is 17.2. The van der Waals surface area contributed by atoms with Crippen LogP contribution in [0, 0.1) is 0 Å². The highest BCUT2D eigenvalue weighted by Gasteiger charge is 2.44. The number of thioether (sulfide) groups is 1. The molecule has 2 aromatic heterocycles. The van der Waals surface area contributed by atoms with Gasteiger partial charge in [-0.1, -0.05) is 11.8 Å². The number of urea groups is 1. The van der Waals surface area contributed by atoms with E-state index in [1.807, 2.05) is 0 Å². The maximum Gasteiger partial charge on any atom is 0.328 e. The summed E-state index contributed by atoms with van der Waals surface area (Å²) in [5, 5.41) is 53.0. The number of nitrogens with one attached hydrogen (secondary N) is 2. The highest BCUT2D eigenvalue weighted by Crippen LogP contribution is 2.33. The average molecular weight is 458 g/mol. The SMILES string of the molecule is CSc1nc(NC(=O)N[C@H](C(=O)O)[C@@H](C)O)c2ncn([C@H]3O[C@@H](CO)[C@H](O)[C@@H]3O)c2n1. The van der Waals surface area contributed by atoms with E-state index >= 15 is 0 Å². The molecule has 3 rings (SSSR count). The Labute approximate surface area is 179 Å². The molecule has 14 nitrogen and oxygen atoms in total. The summed E-state index contributed by atoms with van der Waals surface area (Å²) in [6.45, 7) is 0.712. The first-order valence-corrected chi connectivity index (χ1v) is 10.3. The molecular formula is C16H22N6O8S.